The van der Waals surface area contributed by atoms with Crippen LogP contribution in [0.3, 0.4) is 0 Å². The highest BCUT2D eigenvalue weighted by molar-refractivity contribution is 5.71. The van der Waals surface area contributed by atoms with Gasteiger partial charge < -0.3 is 18.8 Å². The number of furan rings is 1. The van der Waals surface area contributed by atoms with Gasteiger partial charge >= 0.3 is 6.09 Å². The quantitative estimate of drug-likeness (QED) is 0.226. The SMILES string of the molecule is CN(CCCN1CCOCC1)C(=O)Oc1c(Cc2ccco2)nc2c(Cc3ccccc3)nc(-c3ccccc3)cn12. The Hall–Kier alpha value is -4.47. The van der Waals surface area contributed by atoms with Crippen LogP contribution in [-0.4, -0.2) is 76.7 Å². The molecule has 1 aliphatic heterocycles. The van der Waals surface area contributed by atoms with Crippen molar-refractivity contribution >= 4 is 11.7 Å². The van der Waals surface area contributed by atoms with Crippen molar-refractivity contribution in [2.24, 2.45) is 0 Å². The van der Waals surface area contributed by atoms with Crippen LogP contribution in [0.4, 0.5) is 4.79 Å². The molecule has 0 aliphatic carbocycles. The molecule has 9 heteroatoms. The van der Waals surface area contributed by atoms with Crippen LogP contribution in [0, 0.1) is 0 Å². The highest BCUT2D eigenvalue weighted by atomic mass is 16.6. The lowest BCUT2D eigenvalue weighted by Gasteiger charge is -2.27. The minimum absolute atomic E-state index is 0.375. The third-order valence-corrected chi connectivity index (χ3v) is 7.47. The van der Waals surface area contributed by atoms with Gasteiger partial charge in [0.2, 0.25) is 5.88 Å². The summed E-state index contributed by atoms with van der Waals surface area (Å²) in [6, 6.07) is 23.9. The van der Waals surface area contributed by atoms with E-state index in [0.717, 1.165) is 67.5 Å². The number of rotatable bonds is 10. The second-order valence-corrected chi connectivity index (χ2v) is 10.5. The van der Waals surface area contributed by atoms with E-state index in [9.17, 15) is 4.79 Å². The monoisotopic (exact) mass is 565 g/mol. The first-order chi connectivity index (χ1) is 20.6. The number of amides is 1. The Bertz CT molecular complexity index is 1600. The Morgan fingerprint density at radius 1 is 0.929 bits per heavy atom. The van der Waals surface area contributed by atoms with Crippen LogP contribution in [0.15, 0.2) is 89.7 Å². The third kappa shape index (κ3) is 6.53. The normalized spacial score (nSPS) is 13.8. The van der Waals surface area contributed by atoms with E-state index < -0.39 is 6.09 Å². The Morgan fingerprint density at radius 3 is 2.43 bits per heavy atom. The molecule has 0 N–H and O–H groups in total. The van der Waals surface area contributed by atoms with Gasteiger partial charge in [0.1, 0.15) is 11.5 Å². The van der Waals surface area contributed by atoms with E-state index in [1.165, 1.54) is 0 Å². The summed E-state index contributed by atoms with van der Waals surface area (Å²) >= 11 is 0. The molecule has 1 saturated heterocycles. The molecule has 6 rings (SSSR count). The maximum absolute atomic E-state index is 13.4. The summed E-state index contributed by atoms with van der Waals surface area (Å²) in [6.45, 7) is 4.86. The molecule has 1 fully saturated rings. The van der Waals surface area contributed by atoms with E-state index in [1.807, 2.05) is 71.3 Å². The molecule has 0 saturated carbocycles. The summed E-state index contributed by atoms with van der Waals surface area (Å²) in [7, 11) is 1.77. The zero-order valence-corrected chi connectivity index (χ0v) is 23.8. The third-order valence-electron chi connectivity index (χ3n) is 7.47. The van der Waals surface area contributed by atoms with Gasteiger partial charge in [-0.3, -0.25) is 9.30 Å². The van der Waals surface area contributed by atoms with Crippen LogP contribution in [0.25, 0.3) is 16.9 Å². The van der Waals surface area contributed by atoms with Crippen molar-refractivity contribution in [1.29, 1.82) is 0 Å². The predicted molar refractivity (Wildman–Crippen MR) is 160 cm³/mol. The number of nitrogens with zero attached hydrogens (tertiary/aromatic N) is 5. The van der Waals surface area contributed by atoms with Crippen LogP contribution in [0.5, 0.6) is 5.88 Å². The average Bonchev–Trinajstić information content (AvgIpc) is 3.67. The lowest BCUT2D eigenvalue weighted by atomic mass is 10.1. The number of carbonyl (C=O) groups excluding carboxylic acids is 1. The molecule has 2 aromatic carbocycles. The lowest BCUT2D eigenvalue weighted by Crippen LogP contribution is -2.38. The highest BCUT2D eigenvalue weighted by Crippen LogP contribution is 2.29. The molecule has 9 nitrogen and oxygen atoms in total. The van der Waals surface area contributed by atoms with Gasteiger partial charge in [0.15, 0.2) is 5.65 Å². The lowest BCUT2D eigenvalue weighted by molar-refractivity contribution is 0.0365. The summed E-state index contributed by atoms with van der Waals surface area (Å²) in [5, 5.41) is 0. The van der Waals surface area contributed by atoms with E-state index in [2.05, 4.69) is 17.0 Å². The summed E-state index contributed by atoms with van der Waals surface area (Å²) in [6.07, 6.45) is 4.91. The summed E-state index contributed by atoms with van der Waals surface area (Å²) in [5.74, 6) is 1.11. The fourth-order valence-corrected chi connectivity index (χ4v) is 5.20. The van der Waals surface area contributed by atoms with Crippen molar-refractivity contribution in [3.8, 4) is 17.1 Å². The summed E-state index contributed by atoms with van der Waals surface area (Å²) < 4.78 is 19.1. The molecule has 0 atom stereocenters. The maximum Gasteiger partial charge on any atom is 0.416 e. The first-order valence-corrected chi connectivity index (χ1v) is 14.4. The number of aromatic nitrogens is 3. The molecule has 4 heterocycles. The van der Waals surface area contributed by atoms with Crippen molar-refractivity contribution in [3.05, 3.63) is 108 Å². The fourth-order valence-electron chi connectivity index (χ4n) is 5.20. The predicted octanol–water partition coefficient (Wildman–Crippen LogP) is 5.32. The van der Waals surface area contributed by atoms with Gasteiger partial charge in [0.05, 0.1) is 37.3 Å². The van der Waals surface area contributed by atoms with Crippen molar-refractivity contribution in [1.82, 2.24) is 24.2 Å². The molecular formula is C33H35N5O4. The average molecular weight is 566 g/mol. The molecule has 5 aromatic rings. The first-order valence-electron chi connectivity index (χ1n) is 14.4. The van der Waals surface area contributed by atoms with Gasteiger partial charge in [-0.15, -0.1) is 0 Å². The fraction of sp³-hybridized carbons (Fsp3) is 0.303. The Morgan fingerprint density at radius 2 is 1.69 bits per heavy atom. The largest absolute Gasteiger partial charge is 0.469 e. The van der Waals surface area contributed by atoms with Crippen molar-refractivity contribution < 1.29 is 18.7 Å². The number of hydrogen-bond acceptors (Lipinski definition) is 7. The maximum atomic E-state index is 13.4. The Kier molecular flexibility index (Phi) is 8.58. The van der Waals surface area contributed by atoms with Crippen LogP contribution < -0.4 is 4.74 Å². The van der Waals surface area contributed by atoms with Crippen LogP contribution in [0.1, 0.15) is 29.1 Å². The number of imidazole rings is 1. The number of carbonyl (C=O) groups is 1. The van der Waals surface area contributed by atoms with Crippen LogP contribution in [-0.2, 0) is 17.6 Å². The van der Waals surface area contributed by atoms with E-state index in [0.29, 0.717) is 36.6 Å². The van der Waals surface area contributed by atoms with E-state index >= 15 is 0 Å². The molecule has 42 heavy (non-hydrogen) atoms. The topological polar surface area (TPSA) is 85.3 Å². The van der Waals surface area contributed by atoms with Gasteiger partial charge in [0, 0.05) is 51.4 Å². The van der Waals surface area contributed by atoms with Gasteiger partial charge in [0.25, 0.3) is 0 Å². The smallest absolute Gasteiger partial charge is 0.416 e. The van der Waals surface area contributed by atoms with Gasteiger partial charge in [-0.25, -0.2) is 14.8 Å². The number of morpholine rings is 1. The molecular weight excluding hydrogens is 530 g/mol. The van der Waals surface area contributed by atoms with Gasteiger partial charge in [-0.2, -0.15) is 0 Å². The van der Waals surface area contributed by atoms with Crippen molar-refractivity contribution in [2.45, 2.75) is 19.3 Å². The Labute approximate surface area is 245 Å². The second kappa shape index (κ2) is 13.0. The van der Waals surface area contributed by atoms with Crippen LogP contribution >= 0.6 is 0 Å². The molecule has 1 aliphatic rings. The number of ether oxygens (including phenoxy) is 2. The van der Waals surface area contributed by atoms with Crippen molar-refractivity contribution in [2.75, 3.05) is 46.4 Å². The van der Waals surface area contributed by atoms with Gasteiger partial charge in [-0.1, -0.05) is 60.7 Å². The molecule has 0 radical (unpaired) electrons. The molecule has 0 spiro atoms. The number of fused-ring (bicyclic) bond motifs is 1. The minimum atomic E-state index is -0.429. The summed E-state index contributed by atoms with van der Waals surface area (Å²) in [5.41, 5.74) is 4.91. The first kappa shape index (κ1) is 27.7. The molecule has 3 aromatic heterocycles. The number of hydrogen-bond donors (Lipinski definition) is 0. The van der Waals surface area contributed by atoms with Crippen LogP contribution in [0.2, 0.25) is 0 Å². The minimum Gasteiger partial charge on any atom is -0.469 e. The Balaban J connectivity index is 1.34. The number of benzene rings is 2. The molecule has 0 bridgehead atoms. The van der Waals surface area contributed by atoms with E-state index in [4.69, 9.17) is 23.9 Å². The zero-order valence-electron chi connectivity index (χ0n) is 23.8. The molecule has 216 valence electrons. The standard InChI is InChI=1S/C33H35N5O4/c1-36(15-9-16-37-17-20-40-21-18-37)33(39)42-32-29(23-27-14-8-19-41-27)35-31-28(22-25-10-4-2-5-11-25)34-30(24-38(31)32)26-12-6-3-7-13-26/h2-8,10-14,19,24H,9,15-18,20-23H2,1H3. The molecule has 0 unspecified atom stereocenters. The van der Waals surface area contributed by atoms with Crippen molar-refractivity contribution in [3.63, 3.8) is 0 Å². The van der Waals surface area contributed by atoms with E-state index in [-0.39, 0.29) is 0 Å². The zero-order chi connectivity index (χ0) is 28.7. The van der Waals surface area contributed by atoms with E-state index in [1.54, 1.807) is 18.2 Å². The summed E-state index contributed by atoms with van der Waals surface area (Å²) in [4.78, 5) is 27.4. The highest BCUT2D eigenvalue weighted by Gasteiger charge is 2.24. The van der Waals surface area contributed by atoms with Gasteiger partial charge in [-0.05, 0) is 24.1 Å². The second-order valence-electron chi connectivity index (χ2n) is 10.5. The molecule has 1 amide bonds.